The maximum atomic E-state index is 12.9. The van der Waals surface area contributed by atoms with Crippen LogP contribution in [-0.4, -0.2) is 75.1 Å². The number of aromatic nitrogens is 1. The molecule has 0 saturated carbocycles. The summed E-state index contributed by atoms with van der Waals surface area (Å²) >= 11 is 0. The summed E-state index contributed by atoms with van der Waals surface area (Å²) in [5.74, 6) is 1.05. The molecule has 1 aromatic carbocycles. The van der Waals surface area contributed by atoms with Gasteiger partial charge in [-0.3, -0.25) is 4.79 Å². The van der Waals surface area contributed by atoms with Crippen molar-refractivity contribution in [2.75, 3.05) is 54.5 Å². The molecule has 0 aliphatic carbocycles. The third-order valence-electron chi connectivity index (χ3n) is 4.14. The Labute approximate surface area is 168 Å². The van der Waals surface area contributed by atoms with Crippen LogP contribution in [0.5, 0.6) is 11.6 Å². The summed E-state index contributed by atoms with van der Waals surface area (Å²) in [7, 11) is 8.12. The highest BCUT2D eigenvalue weighted by Gasteiger charge is 2.15. The molecule has 152 valence electrons. The minimum absolute atomic E-state index is 0.102. The summed E-state index contributed by atoms with van der Waals surface area (Å²) in [5, 5.41) is 0. The molecule has 0 spiro atoms. The Morgan fingerprint density at radius 1 is 0.893 bits per heavy atom. The van der Waals surface area contributed by atoms with Crippen molar-refractivity contribution in [3.8, 4) is 11.6 Å². The van der Waals surface area contributed by atoms with E-state index in [2.05, 4.69) is 14.8 Å². The average Bonchev–Trinajstić information content (AvgIpc) is 2.68. The van der Waals surface area contributed by atoms with Crippen LogP contribution in [0, 0.1) is 0 Å². The lowest BCUT2D eigenvalue weighted by atomic mass is 10.0. The number of ketones is 1. The minimum atomic E-state index is -0.102. The summed E-state index contributed by atoms with van der Waals surface area (Å²) < 4.78 is 11.5. The van der Waals surface area contributed by atoms with Crippen molar-refractivity contribution in [1.82, 2.24) is 14.8 Å². The molecule has 28 heavy (non-hydrogen) atoms. The largest absolute Gasteiger partial charge is 0.494 e. The van der Waals surface area contributed by atoms with E-state index in [9.17, 15) is 4.79 Å². The normalized spacial score (nSPS) is 11.1. The molecule has 0 aliphatic rings. The monoisotopic (exact) mass is 385 g/mol. The van der Waals surface area contributed by atoms with Crippen LogP contribution in [0.15, 0.2) is 42.6 Å². The van der Waals surface area contributed by atoms with E-state index in [1.807, 2.05) is 40.3 Å². The Hall–Kier alpha value is -2.44. The lowest BCUT2D eigenvalue weighted by Gasteiger charge is -2.12. The minimum Gasteiger partial charge on any atom is -0.494 e. The maximum absolute atomic E-state index is 12.9. The Bertz CT molecular complexity index is 730. The summed E-state index contributed by atoms with van der Waals surface area (Å²) in [5.41, 5.74) is 1.07. The Morgan fingerprint density at radius 2 is 1.50 bits per heavy atom. The number of carbonyl (C=O) groups is 1. The molecule has 0 saturated heterocycles. The third-order valence-corrected chi connectivity index (χ3v) is 4.14. The number of hydrogen-bond acceptors (Lipinski definition) is 6. The van der Waals surface area contributed by atoms with Gasteiger partial charge in [0.15, 0.2) is 5.78 Å². The number of ether oxygens (including phenoxy) is 2. The van der Waals surface area contributed by atoms with Gasteiger partial charge in [-0.15, -0.1) is 0 Å². The molecule has 0 unspecified atom stereocenters. The zero-order chi connectivity index (χ0) is 20.4. The third kappa shape index (κ3) is 7.29. The number of hydrogen-bond donors (Lipinski definition) is 0. The van der Waals surface area contributed by atoms with E-state index in [0.717, 1.165) is 31.7 Å². The molecular formula is C22H31N3O3. The Kier molecular flexibility index (Phi) is 8.91. The first-order valence-corrected chi connectivity index (χ1v) is 9.62. The predicted molar refractivity (Wildman–Crippen MR) is 111 cm³/mol. The zero-order valence-electron chi connectivity index (χ0n) is 17.4. The van der Waals surface area contributed by atoms with Gasteiger partial charge in [0.25, 0.3) is 0 Å². The summed E-state index contributed by atoms with van der Waals surface area (Å²) in [6, 6.07) is 10.7. The number of nitrogens with zero attached hydrogens (tertiary/aromatic N) is 3. The predicted octanol–water partition coefficient (Wildman–Crippen LogP) is 2.97. The van der Waals surface area contributed by atoms with Gasteiger partial charge in [0, 0.05) is 24.8 Å². The van der Waals surface area contributed by atoms with Gasteiger partial charge >= 0.3 is 0 Å². The van der Waals surface area contributed by atoms with Crippen LogP contribution in [0.25, 0.3) is 0 Å². The first-order valence-electron chi connectivity index (χ1n) is 9.62. The van der Waals surface area contributed by atoms with Gasteiger partial charge in [-0.25, -0.2) is 4.98 Å². The zero-order valence-corrected chi connectivity index (χ0v) is 17.4. The summed E-state index contributed by atoms with van der Waals surface area (Å²) in [6.45, 7) is 3.08. The second kappa shape index (κ2) is 11.4. The molecule has 1 aromatic heterocycles. The van der Waals surface area contributed by atoms with E-state index < -0.39 is 0 Å². The quantitative estimate of drug-likeness (QED) is 0.414. The van der Waals surface area contributed by atoms with Crippen LogP contribution in [0.1, 0.15) is 28.8 Å². The molecule has 2 aromatic rings. The van der Waals surface area contributed by atoms with Crippen molar-refractivity contribution in [3.63, 3.8) is 0 Å². The maximum Gasteiger partial charge on any atom is 0.224 e. The Balaban J connectivity index is 1.96. The first kappa shape index (κ1) is 21.9. The molecule has 0 fully saturated rings. The molecule has 0 bridgehead atoms. The molecule has 0 atom stereocenters. The number of pyridine rings is 1. The van der Waals surface area contributed by atoms with Gasteiger partial charge in [-0.05, 0) is 77.4 Å². The fourth-order valence-corrected chi connectivity index (χ4v) is 2.66. The lowest BCUT2D eigenvalue weighted by Crippen LogP contribution is -2.16. The molecule has 0 radical (unpaired) electrons. The summed E-state index contributed by atoms with van der Waals surface area (Å²) in [6.07, 6.45) is 3.47. The molecule has 6 heteroatoms. The Morgan fingerprint density at radius 3 is 2.11 bits per heavy atom. The van der Waals surface area contributed by atoms with Crippen LogP contribution >= 0.6 is 0 Å². The standard InChI is InChI=1S/C22H31N3O3/c1-24(2)14-6-16-27-19-11-9-18(10-12-19)21(26)20-8-5-13-23-22(20)28-17-7-15-25(3)4/h5,8-13H,6-7,14-17H2,1-4H3. The summed E-state index contributed by atoms with van der Waals surface area (Å²) in [4.78, 5) is 21.3. The molecule has 0 N–H and O–H groups in total. The highest BCUT2D eigenvalue weighted by Crippen LogP contribution is 2.21. The molecule has 1 heterocycles. The van der Waals surface area contributed by atoms with E-state index in [1.165, 1.54) is 0 Å². The van der Waals surface area contributed by atoms with Crippen molar-refractivity contribution >= 4 is 5.78 Å². The van der Waals surface area contributed by atoms with E-state index in [4.69, 9.17) is 9.47 Å². The van der Waals surface area contributed by atoms with Gasteiger partial charge < -0.3 is 19.3 Å². The van der Waals surface area contributed by atoms with Crippen LogP contribution in [0.4, 0.5) is 0 Å². The number of benzene rings is 1. The van der Waals surface area contributed by atoms with E-state index in [1.54, 1.807) is 30.5 Å². The van der Waals surface area contributed by atoms with E-state index >= 15 is 0 Å². The van der Waals surface area contributed by atoms with Crippen LogP contribution in [-0.2, 0) is 0 Å². The lowest BCUT2D eigenvalue weighted by molar-refractivity contribution is 0.103. The SMILES string of the molecule is CN(C)CCCOc1ccc(C(=O)c2cccnc2OCCCN(C)C)cc1. The molecule has 6 nitrogen and oxygen atoms in total. The fraction of sp³-hybridized carbons (Fsp3) is 0.455. The highest BCUT2D eigenvalue weighted by molar-refractivity contribution is 6.10. The second-order valence-corrected chi connectivity index (χ2v) is 7.22. The molecular weight excluding hydrogens is 354 g/mol. The fourth-order valence-electron chi connectivity index (χ4n) is 2.66. The van der Waals surface area contributed by atoms with E-state index in [-0.39, 0.29) is 5.78 Å². The van der Waals surface area contributed by atoms with Gasteiger partial charge in [-0.1, -0.05) is 0 Å². The van der Waals surface area contributed by atoms with Gasteiger partial charge in [0.2, 0.25) is 5.88 Å². The smallest absolute Gasteiger partial charge is 0.224 e. The van der Waals surface area contributed by atoms with E-state index in [0.29, 0.717) is 30.2 Å². The van der Waals surface area contributed by atoms with Crippen molar-refractivity contribution in [3.05, 3.63) is 53.7 Å². The molecule has 0 aliphatic heterocycles. The van der Waals surface area contributed by atoms with Crippen molar-refractivity contribution in [2.24, 2.45) is 0 Å². The highest BCUT2D eigenvalue weighted by atomic mass is 16.5. The topological polar surface area (TPSA) is 54.9 Å². The van der Waals surface area contributed by atoms with Crippen molar-refractivity contribution < 1.29 is 14.3 Å². The van der Waals surface area contributed by atoms with Crippen LogP contribution in [0.2, 0.25) is 0 Å². The van der Waals surface area contributed by atoms with Crippen LogP contribution in [0.3, 0.4) is 0 Å². The average molecular weight is 386 g/mol. The van der Waals surface area contributed by atoms with Crippen LogP contribution < -0.4 is 9.47 Å². The molecule has 2 rings (SSSR count). The number of carbonyl (C=O) groups excluding carboxylic acids is 1. The van der Waals surface area contributed by atoms with Crippen molar-refractivity contribution in [2.45, 2.75) is 12.8 Å². The van der Waals surface area contributed by atoms with Crippen molar-refractivity contribution in [1.29, 1.82) is 0 Å². The molecule has 0 amide bonds. The van der Waals surface area contributed by atoms with Gasteiger partial charge in [0.1, 0.15) is 5.75 Å². The van der Waals surface area contributed by atoms with Gasteiger partial charge in [-0.2, -0.15) is 0 Å². The first-order chi connectivity index (χ1) is 13.5. The van der Waals surface area contributed by atoms with Gasteiger partial charge in [0.05, 0.1) is 18.8 Å². The number of rotatable bonds is 12. The second-order valence-electron chi connectivity index (χ2n) is 7.22.